The summed E-state index contributed by atoms with van der Waals surface area (Å²) in [6.07, 6.45) is 4.55. The number of hydrogen-bond donors (Lipinski definition) is 3. The highest BCUT2D eigenvalue weighted by Crippen LogP contribution is 2.22. The van der Waals surface area contributed by atoms with E-state index in [1.165, 1.54) is 17.7 Å². The van der Waals surface area contributed by atoms with Crippen LogP contribution in [0, 0.1) is 0 Å². The molecular formula is C20H23N7O2S. The van der Waals surface area contributed by atoms with Crippen molar-refractivity contribution in [2.75, 3.05) is 18.4 Å². The van der Waals surface area contributed by atoms with Gasteiger partial charge < -0.3 is 15.5 Å². The zero-order chi connectivity index (χ0) is 20.8. The third-order valence-corrected chi connectivity index (χ3v) is 5.88. The monoisotopic (exact) mass is 425 g/mol. The zero-order valence-electron chi connectivity index (χ0n) is 16.4. The van der Waals surface area contributed by atoms with Crippen LogP contribution in [0.4, 0.5) is 10.5 Å². The molecule has 1 fully saturated rings. The molecule has 156 valence electrons. The number of amides is 3. The van der Waals surface area contributed by atoms with Gasteiger partial charge in [0.25, 0.3) is 0 Å². The van der Waals surface area contributed by atoms with Crippen LogP contribution in [0.5, 0.6) is 0 Å². The Balaban J connectivity index is 1.32. The first-order chi connectivity index (χ1) is 14.7. The van der Waals surface area contributed by atoms with Gasteiger partial charge in [0.05, 0.1) is 12.1 Å². The predicted octanol–water partition coefficient (Wildman–Crippen LogP) is 2.67. The van der Waals surface area contributed by atoms with E-state index in [-0.39, 0.29) is 24.4 Å². The van der Waals surface area contributed by atoms with Crippen LogP contribution in [0.1, 0.15) is 25.0 Å². The van der Waals surface area contributed by atoms with Crippen molar-refractivity contribution in [3.05, 3.63) is 47.7 Å². The first-order valence-electron chi connectivity index (χ1n) is 9.88. The molecule has 10 heteroatoms. The van der Waals surface area contributed by atoms with Crippen molar-refractivity contribution in [1.29, 1.82) is 0 Å². The van der Waals surface area contributed by atoms with Crippen molar-refractivity contribution in [2.45, 2.75) is 31.7 Å². The van der Waals surface area contributed by atoms with Crippen LogP contribution in [0.2, 0.25) is 0 Å². The summed E-state index contributed by atoms with van der Waals surface area (Å²) < 4.78 is 0. The number of nitrogens with zero attached hydrogens (tertiary/aromatic N) is 4. The summed E-state index contributed by atoms with van der Waals surface area (Å²) in [5, 5.41) is 14.9. The first-order valence-corrected chi connectivity index (χ1v) is 10.8. The number of piperidine rings is 1. The van der Waals surface area contributed by atoms with E-state index in [9.17, 15) is 9.59 Å². The number of rotatable bonds is 6. The largest absolute Gasteiger partial charge is 0.338 e. The number of aromatic nitrogens is 4. The Morgan fingerprint density at radius 2 is 2.10 bits per heavy atom. The molecule has 0 spiro atoms. The summed E-state index contributed by atoms with van der Waals surface area (Å²) in [6.45, 7) is 1.12. The Morgan fingerprint density at radius 1 is 1.23 bits per heavy atom. The number of para-hydroxylation sites is 1. The van der Waals surface area contributed by atoms with Gasteiger partial charge in [-0.05, 0) is 31.4 Å². The molecule has 2 aromatic heterocycles. The molecule has 3 amide bonds. The predicted molar refractivity (Wildman–Crippen MR) is 114 cm³/mol. The van der Waals surface area contributed by atoms with E-state index in [0.717, 1.165) is 30.6 Å². The summed E-state index contributed by atoms with van der Waals surface area (Å²) >= 11 is 1.43. The van der Waals surface area contributed by atoms with E-state index in [1.807, 2.05) is 40.6 Å². The Bertz CT molecular complexity index is 974. The van der Waals surface area contributed by atoms with Gasteiger partial charge >= 0.3 is 6.03 Å². The average molecular weight is 426 g/mol. The molecule has 3 N–H and O–H groups in total. The highest BCUT2D eigenvalue weighted by atomic mass is 32.1. The lowest BCUT2D eigenvalue weighted by Gasteiger charge is -2.36. The van der Waals surface area contributed by atoms with Crippen LogP contribution >= 0.6 is 11.3 Å². The number of likely N-dealkylation sites (tertiary alicyclic amines) is 1. The average Bonchev–Trinajstić information content (AvgIpc) is 3.45. The third kappa shape index (κ3) is 5.01. The number of hydrogen-bond acceptors (Lipinski definition) is 6. The second-order valence-corrected chi connectivity index (χ2v) is 7.95. The number of carbonyl (C=O) groups is 2. The van der Waals surface area contributed by atoms with E-state index in [1.54, 1.807) is 0 Å². The van der Waals surface area contributed by atoms with E-state index in [0.29, 0.717) is 23.9 Å². The molecule has 4 rings (SSSR count). The van der Waals surface area contributed by atoms with Gasteiger partial charge in [-0.1, -0.05) is 18.2 Å². The molecule has 0 saturated carbocycles. The zero-order valence-corrected chi connectivity index (χ0v) is 17.2. The maximum atomic E-state index is 12.9. The van der Waals surface area contributed by atoms with Crippen molar-refractivity contribution < 1.29 is 9.59 Å². The number of anilines is 1. The Morgan fingerprint density at radius 3 is 2.90 bits per heavy atom. The molecule has 1 aliphatic rings. The van der Waals surface area contributed by atoms with Crippen LogP contribution in [0.3, 0.4) is 0 Å². The number of urea groups is 1. The van der Waals surface area contributed by atoms with Crippen LogP contribution in [0.25, 0.3) is 10.8 Å². The standard InChI is InChI=1S/C20H23N7O2S/c28-17(10-15-12-30-19(24-15)18-22-13-23-26-18)27-9-5-4-8-16(27)11-21-20(29)25-14-6-2-1-3-7-14/h1-3,6-7,12-13,16H,4-5,8-11H2,(H2,21,25,29)(H,22,23,26). The van der Waals surface area contributed by atoms with Crippen LogP contribution in [0.15, 0.2) is 42.0 Å². The fraction of sp³-hybridized carbons (Fsp3) is 0.350. The molecule has 1 saturated heterocycles. The highest BCUT2D eigenvalue weighted by Gasteiger charge is 2.27. The minimum absolute atomic E-state index is 0.0137. The fourth-order valence-electron chi connectivity index (χ4n) is 3.51. The van der Waals surface area contributed by atoms with Gasteiger partial charge in [0, 0.05) is 30.2 Å². The Hall–Kier alpha value is -3.27. The molecule has 3 aromatic rings. The fourth-order valence-corrected chi connectivity index (χ4v) is 4.27. The van der Waals surface area contributed by atoms with Gasteiger partial charge in [0.1, 0.15) is 6.33 Å². The Kier molecular flexibility index (Phi) is 6.33. The molecule has 1 aliphatic heterocycles. The normalized spacial score (nSPS) is 16.3. The number of aromatic amines is 1. The number of benzene rings is 1. The smallest absolute Gasteiger partial charge is 0.319 e. The van der Waals surface area contributed by atoms with E-state index >= 15 is 0 Å². The molecule has 0 bridgehead atoms. The van der Waals surface area contributed by atoms with Gasteiger partial charge in [-0.3, -0.25) is 9.89 Å². The number of carbonyl (C=O) groups excluding carboxylic acids is 2. The maximum Gasteiger partial charge on any atom is 0.319 e. The van der Waals surface area contributed by atoms with Crippen molar-refractivity contribution in [3.63, 3.8) is 0 Å². The summed E-state index contributed by atoms with van der Waals surface area (Å²) in [5.41, 5.74) is 1.45. The minimum Gasteiger partial charge on any atom is -0.338 e. The maximum absolute atomic E-state index is 12.9. The molecule has 0 radical (unpaired) electrons. The summed E-state index contributed by atoms with van der Waals surface area (Å²) in [5.74, 6) is 0.627. The second-order valence-electron chi connectivity index (χ2n) is 7.09. The lowest BCUT2D eigenvalue weighted by Crippen LogP contribution is -2.50. The van der Waals surface area contributed by atoms with Crippen LogP contribution in [-0.4, -0.2) is 56.1 Å². The van der Waals surface area contributed by atoms with E-state index < -0.39 is 0 Å². The lowest BCUT2D eigenvalue weighted by atomic mass is 10.0. The SMILES string of the molecule is O=C(NCC1CCCCN1C(=O)Cc1csc(-c2ncn[nH]2)n1)Nc1ccccc1. The van der Waals surface area contributed by atoms with Crippen molar-refractivity contribution in [2.24, 2.45) is 0 Å². The topological polar surface area (TPSA) is 116 Å². The number of thiazole rings is 1. The van der Waals surface area contributed by atoms with Gasteiger partial charge in [0.15, 0.2) is 10.8 Å². The molecule has 3 heterocycles. The van der Waals surface area contributed by atoms with Crippen molar-refractivity contribution in [3.8, 4) is 10.8 Å². The van der Waals surface area contributed by atoms with Crippen molar-refractivity contribution in [1.82, 2.24) is 30.4 Å². The third-order valence-electron chi connectivity index (χ3n) is 4.98. The van der Waals surface area contributed by atoms with Gasteiger partial charge in [0.2, 0.25) is 5.91 Å². The van der Waals surface area contributed by atoms with Crippen LogP contribution < -0.4 is 10.6 Å². The van der Waals surface area contributed by atoms with Crippen molar-refractivity contribution >= 4 is 29.0 Å². The summed E-state index contributed by atoms with van der Waals surface area (Å²) in [6, 6.07) is 9.00. The van der Waals surface area contributed by atoms with Gasteiger partial charge in [-0.15, -0.1) is 11.3 Å². The number of H-pyrrole nitrogens is 1. The molecule has 9 nitrogen and oxygen atoms in total. The molecule has 30 heavy (non-hydrogen) atoms. The van der Waals surface area contributed by atoms with Crippen LogP contribution in [-0.2, 0) is 11.2 Å². The second kappa shape index (κ2) is 9.49. The molecule has 1 atom stereocenters. The summed E-state index contributed by atoms with van der Waals surface area (Å²) in [4.78, 5) is 35.6. The molecule has 1 unspecified atom stereocenters. The molecular weight excluding hydrogens is 402 g/mol. The molecule has 0 aliphatic carbocycles. The van der Waals surface area contributed by atoms with E-state index in [4.69, 9.17) is 0 Å². The number of nitrogens with one attached hydrogen (secondary N) is 3. The Labute approximate surface area is 177 Å². The minimum atomic E-state index is -0.268. The summed E-state index contributed by atoms with van der Waals surface area (Å²) in [7, 11) is 0. The molecule has 1 aromatic carbocycles. The highest BCUT2D eigenvalue weighted by molar-refractivity contribution is 7.13. The lowest BCUT2D eigenvalue weighted by molar-refractivity contribution is -0.134. The van der Waals surface area contributed by atoms with E-state index in [2.05, 4.69) is 30.8 Å². The van der Waals surface area contributed by atoms with Gasteiger partial charge in [-0.25, -0.2) is 14.8 Å². The quantitative estimate of drug-likeness (QED) is 0.561. The van der Waals surface area contributed by atoms with Gasteiger partial charge in [-0.2, -0.15) is 5.10 Å². The first kappa shape index (κ1) is 20.0.